The predicted molar refractivity (Wildman–Crippen MR) is 140 cm³/mol. The topological polar surface area (TPSA) is 53.6 Å². The van der Waals surface area contributed by atoms with Crippen molar-refractivity contribution in [3.05, 3.63) is 111 Å². The molecule has 0 aliphatic heterocycles. The molecule has 6 heteroatoms. The van der Waals surface area contributed by atoms with Gasteiger partial charge in [0.2, 0.25) is 5.95 Å². The molecule has 6 rings (SSSR count). The van der Waals surface area contributed by atoms with Crippen LogP contribution in [0, 0.1) is 0 Å². The third-order valence-corrected chi connectivity index (χ3v) is 7.15. The van der Waals surface area contributed by atoms with Crippen LogP contribution in [0.5, 0.6) is 0 Å². The van der Waals surface area contributed by atoms with Gasteiger partial charge in [-0.25, -0.2) is 9.97 Å². The Balaban J connectivity index is 1.25. The van der Waals surface area contributed by atoms with Crippen LogP contribution in [0.25, 0.3) is 22.2 Å². The summed E-state index contributed by atoms with van der Waals surface area (Å²) < 4.78 is 0. The number of benzene rings is 3. The summed E-state index contributed by atoms with van der Waals surface area (Å²) in [4.78, 5) is 12.8. The van der Waals surface area contributed by atoms with Gasteiger partial charge >= 0.3 is 0 Å². The fourth-order valence-electron chi connectivity index (χ4n) is 4.93. The molecule has 0 bridgehead atoms. The highest BCUT2D eigenvalue weighted by molar-refractivity contribution is 6.31. The SMILES string of the molecule is Clc1ccc2c(CCNc3ncc4c(n3)-c3ccccc3C(c3ccccc3Cl)C4)c[nH]c2c1. The van der Waals surface area contributed by atoms with Crippen LogP contribution >= 0.6 is 23.2 Å². The number of aromatic nitrogens is 3. The number of anilines is 1. The number of fused-ring (bicyclic) bond motifs is 4. The van der Waals surface area contributed by atoms with E-state index < -0.39 is 0 Å². The second kappa shape index (κ2) is 8.79. The van der Waals surface area contributed by atoms with Gasteiger partial charge < -0.3 is 10.3 Å². The van der Waals surface area contributed by atoms with Crippen molar-refractivity contribution < 1.29 is 0 Å². The molecule has 0 saturated carbocycles. The van der Waals surface area contributed by atoms with E-state index in [-0.39, 0.29) is 5.92 Å². The number of H-pyrrole nitrogens is 1. The first-order chi connectivity index (χ1) is 16.7. The molecule has 0 saturated heterocycles. The summed E-state index contributed by atoms with van der Waals surface area (Å²) in [6.07, 6.45) is 5.68. The second-order valence-corrected chi connectivity index (χ2v) is 9.46. The van der Waals surface area contributed by atoms with Gasteiger partial charge in [-0.15, -0.1) is 0 Å². The molecule has 0 fully saturated rings. The van der Waals surface area contributed by atoms with Crippen molar-refractivity contribution in [1.29, 1.82) is 0 Å². The third-order valence-electron chi connectivity index (χ3n) is 6.57. The van der Waals surface area contributed by atoms with E-state index in [1.54, 1.807) is 0 Å². The van der Waals surface area contributed by atoms with E-state index >= 15 is 0 Å². The van der Waals surface area contributed by atoms with Gasteiger partial charge in [0.15, 0.2) is 0 Å². The Bertz CT molecular complexity index is 1510. The van der Waals surface area contributed by atoms with E-state index in [0.29, 0.717) is 5.95 Å². The zero-order chi connectivity index (χ0) is 23.1. The lowest BCUT2D eigenvalue weighted by Gasteiger charge is -2.28. The van der Waals surface area contributed by atoms with Gasteiger partial charge in [0.1, 0.15) is 0 Å². The average molecular weight is 485 g/mol. The van der Waals surface area contributed by atoms with Crippen LogP contribution in [-0.4, -0.2) is 21.5 Å². The van der Waals surface area contributed by atoms with Gasteiger partial charge in [-0.05, 0) is 53.3 Å². The Labute approximate surface area is 208 Å². The Kier molecular flexibility index (Phi) is 5.48. The summed E-state index contributed by atoms with van der Waals surface area (Å²) in [5.74, 6) is 0.836. The van der Waals surface area contributed by atoms with E-state index in [2.05, 4.69) is 51.7 Å². The van der Waals surface area contributed by atoms with Crippen molar-refractivity contribution >= 4 is 40.1 Å². The quantitative estimate of drug-likeness (QED) is 0.275. The van der Waals surface area contributed by atoms with Gasteiger partial charge in [-0.2, -0.15) is 0 Å². The molecule has 168 valence electrons. The monoisotopic (exact) mass is 484 g/mol. The highest BCUT2D eigenvalue weighted by atomic mass is 35.5. The van der Waals surface area contributed by atoms with Crippen molar-refractivity contribution in [2.24, 2.45) is 0 Å². The Morgan fingerprint density at radius 3 is 2.68 bits per heavy atom. The van der Waals surface area contributed by atoms with Gasteiger partial charge in [-0.1, -0.05) is 71.7 Å². The van der Waals surface area contributed by atoms with Crippen LogP contribution in [-0.2, 0) is 12.8 Å². The Hall–Kier alpha value is -3.34. The lowest BCUT2D eigenvalue weighted by molar-refractivity contribution is 0.781. The van der Waals surface area contributed by atoms with E-state index in [1.165, 1.54) is 16.5 Å². The highest BCUT2D eigenvalue weighted by Crippen LogP contribution is 2.43. The summed E-state index contributed by atoms with van der Waals surface area (Å²) in [5, 5.41) is 6.13. The number of aromatic amines is 1. The molecule has 1 atom stereocenters. The maximum Gasteiger partial charge on any atom is 0.223 e. The minimum absolute atomic E-state index is 0.190. The van der Waals surface area contributed by atoms with E-state index in [9.17, 15) is 0 Å². The van der Waals surface area contributed by atoms with Crippen LogP contribution in [0.15, 0.2) is 79.1 Å². The molecule has 1 unspecified atom stereocenters. The lowest BCUT2D eigenvalue weighted by atomic mass is 9.78. The van der Waals surface area contributed by atoms with Crippen molar-refractivity contribution in [3.63, 3.8) is 0 Å². The first kappa shape index (κ1) is 21.2. The zero-order valence-corrected chi connectivity index (χ0v) is 19.9. The molecular formula is C28H22Cl2N4. The molecule has 2 aromatic heterocycles. The van der Waals surface area contributed by atoms with E-state index in [1.807, 2.05) is 42.7 Å². The molecule has 0 spiro atoms. The summed E-state index contributed by atoms with van der Waals surface area (Å²) in [6, 6.07) is 22.5. The molecule has 1 aliphatic rings. The second-order valence-electron chi connectivity index (χ2n) is 8.61. The maximum atomic E-state index is 6.57. The fraction of sp³-hybridized carbons (Fsp3) is 0.143. The maximum absolute atomic E-state index is 6.57. The Morgan fingerprint density at radius 2 is 1.79 bits per heavy atom. The number of hydrogen-bond donors (Lipinski definition) is 2. The zero-order valence-electron chi connectivity index (χ0n) is 18.4. The standard InChI is InChI=1S/C28H22Cl2N4/c29-19-9-10-20-17(15-32-26(20)14-19)11-12-31-28-33-16-18-13-24(22-6-3-4-8-25(22)30)21-5-1-2-7-23(21)27(18)34-28/h1-10,14-16,24,32H,11-13H2,(H,31,33,34). The Morgan fingerprint density at radius 1 is 0.971 bits per heavy atom. The van der Waals surface area contributed by atoms with Crippen molar-refractivity contribution in [2.75, 3.05) is 11.9 Å². The lowest BCUT2D eigenvalue weighted by Crippen LogP contribution is -2.16. The summed E-state index contributed by atoms with van der Waals surface area (Å²) in [5.41, 5.74) is 7.98. The highest BCUT2D eigenvalue weighted by Gasteiger charge is 2.28. The smallest absolute Gasteiger partial charge is 0.223 e. The minimum atomic E-state index is 0.190. The van der Waals surface area contributed by atoms with Crippen LogP contribution < -0.4 is 5.32 Å². The van der Waals surface area contributed by atoms with Gasteiger partial charge in [0.05, 0.1) is 5.69 Å². The third kappa shape index (κ3) is 3.83. The van der Waals surface area contributed by atoms with Crippen LogP contribution in [0.3, 0.4) is 0 Å². The van der Waals surface area contributed by atoms with Crippen LogP contribution in [0.4, 0.5) is 5.95 Å². The molecule has 0 radical (unpaired) electrons. The molecule has 34 heavy (non-hydrogen) atoms. The average Bonchev–Trinajstić information content (AvgIpc) is 3.26. The number of rotatable bonds is 5. The number of nitrogens with zero attached hydrogens (tertiary/aromatic N) is 2. The van der Waals surface area contributed by atoms with Gasteiger partial charge in [-0.3, -0.25) is 0 Å². The molecule has 2 heterocycles. The first-order valence-electron chi connectivity index (χ1n) is 11.4. The molecular weight excluding hydrogens is 463 g/mol. The molecule has 3 aromatic carbocycles. The van der Waals surface area contributed by atoms with E-state index in [0.717, 1.165) is 57.3 Å². The van der Waals surface area contributed by atoms with Crippen LogP contribution in [0.2, 0.25) is 10.0 Å². The van der Waals surface area contributed by atoms with Crippen molar-refractivity contribution in [2.45, 2.75) is 18.8 Å². The van der Waals surface area contributed by atoms with Gasteiger partial charge in [0, 0.05) is 51.4 Å². The van der Waals surface area contributed by atoms with Crippen LogP contribution in [0.1, 0.15) is 28.2 Å². The van der Waals surface area contributed by atoms with Crippen molar-refractivity contribution in [3.8, 4) is 11.3 Å². The molecule has 1 aliphatic carbocycles. The normalized spacial score (nSPS) is 14.6. The first-order valence-corrected chi connectivity index (χ1v) is 12.1. The molecule has 2 N–H and O–H groups in total. The number of nitrogens with one attached hydrogen (secondary N) is 2. The summed E-state index contributed by atoms with van der Waals surface area (Å²) >= 11 is 12.7. The predicted octanol–water partition coefficient (Wildman–Crippen LogP) is 7.27. The molecule has 5 aromatic rings. The van der Waals surface area contributed by atoms with Crippen molar-refractivity contribution in [1.82, 2.24) is 15.0 Å². The number of halogens is 2. The minimum Gasteiger partial charge on any atom is -0.361 e. The van der Waals surface area contributed by atoms with E-state index in [4.69, 9.17) is 28.2 Å². The summed E-state index contributed by atoms with van der Waals surface area (Å²) in [6.45, 7) is 0.734. The van der Waals surface area contributed by atoms with Gasteiger partial charge in [0.25, 0.3) is 0 Å². The number of hydrogen-bond acceptors (Lipinski definition) is 3. The fourth-order valence-corrected chi connectivity index (χ4v) is 5.37. The summed E-state index contributed by atoms with van der Waals surface area (Å²) in [7, 11) is 0. The largest absolute Gasteiger partial charge is 0.361 e. The molecule has 0 amide bonds. The molecule has 4 nitrogen and oxygen atoms in total.